The Kier molecular flexibility index (Phi) is 4.00. The fourth-order valence-electron chi connectivity index (χ4n) is 2.36. The molecule has 3 rings (SSSR count). The molecule has 0 aromatic heterocycles. The summed E-state index contributed by atoms with van der Waals surface area (Å²) in [6, 6.07) is 18.1. The van der Waals surface area contributed by atoms with E-state index in [1.807, 2.05) is 42.5 Å². The van der Waals surface area contributed by atoms with Gasteiger partial charge in [-0.15, -0.1) is 0 Å². The minimum Gasteiger partial charge on any atom is -0.497 e. The highest BCUT2D eigenvalue weighted by Crippen LogP contribution is 2.28. The SMILES string of the molecule is COc1ccc(C[C@H]2COC(c3ccccc3)O2)cc1. The van der Waals surface area contributed by atoms with Crippen molar-refractivity contribution in [3.05, 3.63) is 65.7 Å². The van der Waals surface area contributed by atoms with E-state index in [-0.39, 0.29) is 12.4 Å². The molecule has 0 saturated carbocycles. The van der Waals surface area contributed by atoms with E-state index in [0.717, 1.165) is 17.7 Å². The molecular weight excluding hydrogens is 252 g/mol. The van der Waals surface area contributed by atoms with Crippen LogP contribution in [0.2, 0.25) is 0 Å². The molecule has 1 heterocycles. The number of hydrogen-bond donors (Lipinski definition) is 0. The second kappa shape index (κ2) is 6.07. The van der Waals surface area contributed by atoms with E-state index in [2.05, 4.69) is 12.1 Å². The highest BCUT2D eigenvalue weighted by molar-refractivity contribution is 5.27. The van der Waals surface area contributed by atoms with Gasteiger partial charge in [0.15, 0.2) is 6.29 Å². The maximum Gasteiger partial charge on any atom is 0.184 e. The van der Waals surface area contributed by atoms with Crippen LogP contribution in [-0.2, 0) is 15.9 Å². The predicted molar refractivity (Wildman–Crippen MR) is 76.7 cm³/mol. The van der Waals surface area contributed by atoms with Crippen molar-refractivity contribution in [3.63, 3.8) is 0 Å². The summed E-state index contributed by atoms with van der Waals surface area (Å²) in [4.78, 5) is 0. The molecule has 0 aliphatic carbocycles. The lowest BCUT2D eigenvalue weighted by atomic mass is 10.1. The summed E-state index contributed by atoms with van der Waals surface area (Å²) in [5.74, 6) is 0.875. The van der Waals surface area contributed by atoms with Crippen molar-refractivity contribution in [2.45, 2.75) is 18.8 Å². The van der Waals surface area contributed by atoms with Gasteiger partial charge in [-0.2, -0.15) is 0 Å². The molecule has 1 fully saturated rings. The van der Waals surface area contributed by atoms with Gasteiger partial charge in [-0.25, -0.2) is 0 Å². The van der Waals surface area contributed by atoms with Gasteiger partial charge in [0.05, 0.1) is 19.8 Å². The average Bonchev–Trinajstić information content (AvgIpc) is 2.97. The third-order valence-corrected chi connectivity index (χ3v) is 3.44. The van der Waals surface area contributed by atoms with E-state index < -0.39 is 0 Å². The minimum absolute atomic E-state index is 0.105. The first-order valence-corrected chi connectivity index (χ1v) is 6.80. The van der Waals surface area contributed by atoms with Crippen LogP contribution < -0.4 is 4.74 Å². The van der Waals surface area contributed by atoms with E-state index in [0.29, 0.717) is 6.61 Å². The zero-order valence-corrected chi connectivity index (χ0v) is 11.5. The molecule has 3 heteroatoms. The first kappa shape index (κ1) is 13.2. The summed E-state index contributed by atoms with van der Waals surface area (Å²) < 4.78 is 16.8. The van der Waals surface area contributed by atoms with Gasteiger partial charge in [0.25, 0.3) is 0 Å². The Hall–Kier alpha value is -1.84. The monoisotopic (exact) mass is 270 g/mol. The molecule has 2 aromatic carbocycles. The van der Waals surface area contributed by atoms with Crippen LogP contribution in [0, 0.1) is 0 Å². The van der Waals surface area contributed by atoms with Crippen LogP contribution in [0.1, 0.15) is 17.4 Å². The van der Waals surface area contributed by atoms with Gasteiger partial charge in [-0.1, -0.05) is 42.5 Å². The minimum atomic E-state index is -0.237. The first-order chi connectivity index (χ1) is 9.85. The molecule has 104 valence electrons. The summed E-state index contributed by atoms with van der Waals surface area (Å²) in [5.41, 5.74) is 2.30. The molecule has 0 amide bonds. The number of hydrogen-bond acceptors (Lipinski definition) is 3. The highest BCUT2D eigenvalue weighted by Gasteiger charge is 2.27. The maximum atomic E-state index is 5.95. The average molecular weight is 270 g/mol. The van der Waals surface area contributed by atoms with Crippen molar-refractivity contribution in [2.75, 3.05) is 13.7 Å². The quantitative estimate of drug-likeness (QED) is 0.852. The second-order valence-corrected chi connectivity index (χ2v) is 4.89. The molecule has 0 radical (unpaired) electrons. The molecular formula is C17H18O3. The smallest absolute Gasteiger partial charge is 0.184 e. The topological polar surface area (TPSA) is 27.7 Å². The molecule has 0 bridgehead atoms. The molecule has 1 unspecified atom stereocenters. The number of benzene rings is 2. The van der Waals surface area contributed by atoms with Gasteiger partial charge in [0, 0.05) is 12.0 Å². The van der Waals surface area contributed by atoms with E-state index >= 15 is 0 Å². The third kappa shape index (κ3) is 3.00. The first-order valence-electron chi connectivity index (χ1n) is 6.80. The lowest BCUT2D eigenvalue weighted by Crippen LogP contribution is -2.13. The standard InChI is InChI=1S/C17H18O3/c1-18-15-9-7-13(8-10-15)11-16-12-19-17(20-16)14-5-3-2-4-6-14/h2-10,16-17H,11-12H2,1H3/t16-,17?/m0/s1. The molecule has 2 aromatic rings. The maximum absolute atomic E-state index is 5.95. The summed E-state index contributed by atoms with van der Waals surface area (Å²) in [7, 11) is 1.67. The van der Waals surface area contributed by atoms with E-state index in [4.69, 9.17) is 14.2 Å². The molecule has 1 aliphatic rings. The Balaban J connectivity index is 1.60. The summed E-state index contributed by atoms with van der Waals surface area (Å²) in [6.07, 6.45) is 0.723. The molecule has 20 heavy (non-hydrogen) atoms. The van der Waals surface area contributed by atoms with Gasteiger partial charge < -0.3 is 14.2 Å². The van der Waals surface area contributed by atoms with Gasteiger partial charge in [0.1, 0.15) is 5.75 Å². The van der Waals surface area contributed by atoms with E-state index in [1.54, 1.807) is 7.11 Å². The van der Waals surface area contributed by atoms with Crippen molar-refractivity contribution in [1.82, 2.24) is 0 Å². The van der Waals surface area contributed by atoms with Crippen LogP contribution in [-0.4, -0.2) is 19.8 Å². The predicted octanol–water partition coefficient (Wildman–Crippen LogP) is 3.35. The second-order valence-electron chi connectivity index (χ2n) is 4.89. The molecule has 0 N–H and O–H groups in total. The Morgan fingerprint density at radius 2 is 1.80 bits per heavy atom. The molecule has 1 aliphatic heterocycles. The fraction of sp³-hybridized carbons (Fsp3) is 0.294. The van der Waals surface area contributed by atoms with E-state index in [1.165, 1.54) is 5.56 Å². The summed E-state index contributed by atoms with van der Waals surface area (Å²) in [5, 5.41) is 0. The number of rotatable bonds is 4. The van der Waals surface area contributed by atoms with Crippen LogP contribution in [0.3, 0.4) is 0 Å². The summed E-state index contributed by atoms with van der Waals surface area (Å²) >= 11 is 0. The Morgan fingerprint density at radius 3 is 2.50 bits per heavy atom. The van der Waals surface area contributed by atoms with Crippen molar-refractivity contribution in [2.24, 2.45) is 0 Å². The largest absolute Gasteiger partial charge is 0.497 e. The zero-order chi connectivity index (χ0) is 13.8. The fourth-order valence-corrected chi connectivity index (χ4v) is 2.36. The molecule has 1 saturated heterocycles. The molecule has 3 nitrogen and oxygen atoms in total. The third-order valence-electron chi connectivity index (χ3n) is 3.44. The Morgan fingerprint density at radius 1 is 1.05 bits per heavy atom. The van der Waals surface area contributed by atoms with Crippen LogP contribution in [0.4, 0.5) is 0 Å². The number of methoxy groups -OCH3 is 1. The summed E-state index contributed by atoms with van der Waals surface area (Å²) in [6.45, 7) is 0.631. The van der Waals surface area contributed by atoms with Crippen molar-refractivity contribution in [3.8, 4) is 5.75 Å². The van der Waals surface area contributed by atoms with Crippen LogP contribution in [0.15, 0.2) is 54.6 Å². The Bertz CT molecular complexity index is 536. The van der Waals surface area contributed by atoms with E-state index in [9.17, 15) is 0 Å². The lowest BCUT2D eigenvalue weighted by Gasteiger charge is -2.12. The van der Waals surface area contributed by atoms with Crippen LogP contribution >= 0.6 is 0 Å². The van der Waals surface area contributed by atoms with Gasteiger partial charge in [0.2, 0.25) is 0 Å². The Labute approximate surface area is 119 Å². The number of ether oxygens (including phenoxy) is 3. The van der Waals surface area contributed by atoms with Gasteiger partial charge >= 0.3 is 0 Å². The van der Waals surface area contributed by atoms with Crippen molar-refractivity contribution in [1.29, 1.82) is 0 Å². The lowest BCUT2D eigenvalue weighted by molar-refractivity contribution is -0.0598. The molecule has 2 atom stereocenters. The normalized spacial score (nSPS) is 21.9. The van der Waals surface area contributed by atoms with Crippen LogP contribution in [0.5, 0.6) is 5.75 Å². The molecule has 0 spiro atoms. The zero-order valence-electron chi connectivity index (χ0n) is 11.5. The van der Waals surface area contributed by atoms with Crippen molar-refractivity contribution < 1.29 is 14.2 Å². The van der Waals surface area contributed by atoms with Crippen LogP contribution in [0.25, 0.3) is 0 Å². The van der Waals surface area contributed by atoms with Gasteiger partial charge in [-0.05, 0) is 17.7 Å². The highest BCUT2D eigenvalue weighted by atomic mass is 16.7. The van der Waals surface area contributed by atoms with Gasteiger partial charge in [-0.3, -0.25) is 0 Å². The van der Waals surface area contributed by atoms with Crippen molar-refractivity contribution >= 4 is 0 Å².